The fourth-order valence-electron chi connectivity index (χ4n) is 2.35. The lowest BCUT2D eigenvalue weighted by molar-refractivity contribution is 0.159. The van der Waals surface area contributed by atoms with Crippen LogP contribution in [-0.4, -0.2) is 43.4 Å². The van der Waals surface area contributed by atoms with E-state index >= 15 is 0 Å². The van der Waals surface area contributed by atoms with Gasteiger partial charge >= 0.3 is 0 Å². The lowest BCUT2D eigenvalue weighted by atomic mass is 10.0. The van der Waals surface area contributed by atoms with Gasteiger partial charge in [0.05, 0.1) is 12.1 Å². The van der Waals surface area contributed by atoms with Gasteiger partial charge in [-0.2, -0.15) is 0 Å². The third-order valence-electron chi connectivity index (χ3n) is 3.54. The molecule has 0 radical (unpaired) electrons. The van der Waals surface area contributed by atoms with Crippen molar-refractivity contribution in [2.45, 2.75) is 18.6 Å². The van der Waals surface area contributed by atoms with Gasteiger partial charge in [0.2, 0.25) is 5.65 Å². The van der Waals surface area contributed by atoms with E-state index in [0.29, 0.717) is 17.9 Å². The van der Waals surface area contributed by atoms with Gasteiger partial charge in [-0.1, -0.05) is 30.3 Å². The molecular formula is C15H18N6O. The number of benzene rings is 1. The van der Waals surface area contributed by atoms with Crippen LogP contribution in [0.5, 0.6) is 0 Å². The maximum atomic E-state index is 10.2. The van der Waals surface area contributed by atoms with Crippen molar-refractivity contribution in [2.75, 3.05) is 11.9 Å². The Morgan fingerprint density at radius 3 is 2.86 bits per heavy atom. The Bertz CT molecular complexity index is 729. The SMILES string of the molecule is NC[C@@H](O)[C@H](Cc1ccccc1)Nc1nccn2cnnc12. The second-order valence-corrected chi connectivity index (χ2v) is 5.08. The van der Waals surface area contributed by atoms with Crippen LogP contribution >= 0.6 is 0 Å². The fraction of sp³-hybridized carbons (Fsp3) is 0.267. The van der Waals surface area contributed by atoms with Gasteiger partial charge in [-0.05, 0) is 12.0 Å². The molecule has 2 atom stereocenters. The first-order valence-corrected chi connectivity index (χ1v) is 7.11. The van der Waals surface area contributed by atoms with E-state index in [-0.39, 0.29) is 12.6 Å². The number of aliphatic hydroxyl groups is 1. The molecule has 0 saturated carbocycles. The van der Waals surface area contributed by atoms with E-state index in [1.165, 1.54) is 0 Å². The zero-order valence-electron chi connectivity index (χ0n) is 12.0. The van der Waals surface area contributed by atoms with Crippen molar-refractivity contribution >= 4 is 11.5 Å². The molecule has 7 nitrogen and oxygen atoms in total. The van der Waals surface area contributed by atoms with Crippen LogP contribution in [0.4, 0.5) is 5.82 Å². The minimum absolute atomic E-state index is 0.167. The zero-order chi connectivity index (χ0) is 15.4. The summed E-state index contributed by atoms with van der Waals surface area (Å²) in [5, 5.41) is 21.4. The van der Waals surface area contributed by atoms with E-state index in [1.54, 1.807) is 23.1 Å². The first-order valence-electron chi connectivity index (χ1n) is 7.11. The van der Waals surface area contributed by atoms with Crippen molar-refractivity contribution in [1.82, 2.24) is 19.6 Å². The van der Waals surface area contributed by atoms with Gasteiger partial charge in [-0.15, -0.1) is 10.2 Å². The number of nitrogens with zero attached hydrogens (tertiary/aromatic N) is 4. The van der Waals surface area contributed by atoms with Crippen LogP contribution in [0.2, 0.25) is 0 Å². The molecule has 4 N–H and O–H groups in total. The highest BCUT2D eigenvalue weighted by molar-refractivity contribution is 5.62. The Morgan fingerprint density at radius 1 is 1.27 bits per heavy atom. The van der Waals surface area contributed by atoms with E-state index in [1.807, 2.05) is 30.3 Å². The van der Waals surface area contributed by atoms with Gasteiger partial charge < -0.3 is 16.2 Å². The summed E-state index contributed by atoms with van der Waals surface area (Å²) in [5.74, 6) is 0.577. The molecule has 0 aliphatic heterocycles. The average Bonchev–Trinajstić information content (AvgIpc) is 3.04. The third-order valence-corrected chi connectivity index (χ3v) is 3.54. The second-order valence-electron chi connectivity index (χ2n) is 5.08. The number of nitrogens with two attached hydrogens (primary N) is 1. The van der Waals surface area contributed by atoms with E-state index in [9.17, 15) is 5.11 Å². The number of hydrogen-bond acceptors (Lipinski definition) is 6. The zero-order valence-corrected chi connectivity index (χ0v) is 12.0. The van der Waals surface area contributed by atoms with E-state index in [0.717, 1.165) is 5.56 Å². The van der Waals surface area contributed by atoms with E-state index < -0.39 is 6.10 Å². The lowest BCUT2D eigenvalue weighted by Crippen LogP contribution is -2.40. The fourth-order valence-corrected chi connectivity index (χ4v) is 2.35. The van der Waals surface area contributed by atoms with Crippen LogP contribution in [0.1, 0.15) is 5.56 Å². The van der Waals surface area contributed by atoms with Gasteiger partial charge in [-0.25, -0.2) is 4.98 Å². The molecule has 0 aliphatic carbocycles. The Hall–Kier alpha value is -2.51. The smallest absolute Gasteiger partial charge is 0.203 e. The van der Waals surface area contributed by atoms with Gasteiger partial charge in [0, 0.05) is 18.9 Å². The molecule has 0 saturated heterocycles. The average molecular weight is 298 g/mol. The predicted octanol–water partition coefficient (Wildman–Crippen LogP) is 0.467. The van der Waals surface area contributed by atoms with Crippen molar-refractivity contribution in [3.8, 4) is 0 Å². The Kier molecular flexibility index (Phi) is 4.27. The van der Waals surface area contributed by atoms with Crippen LogP contribution in [0.15, 0.2) is 49.1 Å². The number of aliphatic hydroxyl groups excluding tert-OH is 1. The first-order chi connectivity index (χ1) is 10.8. The van der Waals surface area contributed by atoms with Crippen molar-refractivity contribution < 1.29 is 5.11 Å². The summed E-state index contributed by atoms with van der Waals surface area (Å²) >= 11 is 0. The summed E-state index contributed by atoms with van der Waals surface area (Å²) in [6, 6.07) is 9.68. The molecule has 2 heterocycles. The van der Waals surface area contributed by atoms with Crippen LogP contribution in [0.3, 0.4) is 0 Å². The Balaban J connectivity index is 1.85. The molecule has 7 heteroatoms. The van der Waals surface area contributed by atoms with Gasteiger partial charge in [-0.3, -0.25) is 4.40 Å². The summed E-state index contributed by atoms with van der Waals surface area (Å²) in [6.45, 7) is 0.167. The van der Waals surface area contributed by atoms with Crippen LogP contribution < -0.4 is 11.1 Å². The summed E-state index contributed by atoms with van der Waals surface area (Å²) < 4.78 is 1.77. The largest absolute Gasteiger partial charge is 0.390 e. The molecule has 0 spiro atoms. The van der Waals surface area contributed by atoms with Crippen molar-refractivity contribution in [3.05, 3.63) is 54.6 Å². The molecule has 0 unspecified atom stereocenters. The molecule has 0 bridgehead atoms. The quantitative estimate of drug-likeness (QED) is 0.611. The molecule has 3 rings (SSSR count). The summed E-state index contributed by atoms with van der Waals surface area (Å²) in [7, 11) is 0. The number of anilines is 1. The summed E-state index contributed by atoms with van der Waals surface area (Å²) in [6.07, 6.45) is 4.98. The van der Waals surface area contributed by atoms with Gasteiger partial charge in [0.1, 0.15) is 6.33 Å². The minimum atomic E-state index is -0.690. The predicted molar refractivity (Wildman–Crippen MR) is 83.4 cm³/mol. The maximum Gasteiger partial charge on any atom is 0.203 e. The van der Waals surface area contributed by atoms with Crippen molar-refractivity contribution in [3.63, 3.8) is 0 Å². The molecule has 3 aromatic rings. The topological polar surface area (TPSA) is 101 Å². The van der Waals surface area contributed by atoms with Crippen LogP contribution in [0.25, 0.3) is 5.65 Å². The third kappa shape index (κ3) is 3.05. The molecule has 2 aromatic heterocycles. The highest BCUT2D eigenvalue weighted by Crippen LogP contribution is 2.15. The minimum Gasteiger partial charge on any atom is -0.390 e. The van der Waals surface area contributed by atoms with E-state index in [4.69, 9.17) is 5.73 Å². The summed E-state index contributed by atoms with van der Waals surface area (Å²) in [4.78, 5) is 4.29. The Morgan fingerprint density at radius 2 is 2.09 bits per heavy atom. The number of aromatic nitrogens is 4. The highest BCUT2D eigenvalue weighted by Gasteiger charge is 2.20. The van der Waals surface area contributed by atoms with E-state index in [2.05, 4.69) is 20.5 Å². The highest BCUT2D eigenvalue weighted by atomic mass is 16.3. The van der Waals surface area contributed by atoms with Gasteiger partial charge in [0.15, 0.2) is 5.82 Å². The number of rotatable bonds is 6. The van der Waals surface area contributed by atoms with Crippen molar-refractivity contribution in [2.24, 2.45) is 5.73 Å². The normalized spacial score (nSPS) is 13.9. The first kappa shape index (κ1) is 14.4. The monoisotopic (exact) mass is 298 g/mol. The second kappa shape index (κ2) is 6.50. The molecule has 1 aromatic carbocycles. The number of nitrogens with one attached hydrogen (secondary N) is 1. The molecular weight excluding hydrogens is 280 g/mol. The molecule has 0 fully saturated rings. The molecule has 0 amide bonds. The van der Waals surface area contributed by atoms with Crippen LogP contribution in [-0.2, 0) is 6.42 Å². The van der Waals surface area contributed by atoms with Gasteiger partial charge in [0.25, 0.3) is 0 Å². The van der Waals surface area contributed by atoms with Crippen molar-refractivity contribution in [1.29, 1.82) is 0 Å². The number of fused-ring (bicyclic) bond motifs is 1. The molecule has 0 aliphatic rings. The number of hydrogen-bond donors (Lipinski definition) is 3. The summed E-state index contributed by atoms with van der Waals surface area (Å²) in [5.41, 5.74) is 7.36. The molecule has 22 heavy (non-hydrogen) atoms. The lowest BCUT2D eigenvalue weighted by Gasteiger charge is -2.24. The molecule has 114 valence electrons. The standard InChI is InChI=1S/C15H18N6O/c16-9-13(22)12(8-11-4-2-1-3-5-11)19-14-15-20-18-10-21(15)7-6-17-14/h1-7,10,12-13,22H,8-9,16H2,(H,17,19)/t12-,13+/m0/s1. The van der Waals surface area contributed by atoms with Crippen LogP contribution in [0, 0.1) is 0 Å². The maximum absolute atomic E-state index is 10.2. The Labute approximate surface area is 127 Å².